The lowest BCUT2D eigenvalue weighted by molar-refractivity contribution is -0.326. The summed E-state index contributed by atoms with van der Waals surface area (Å²) < 4.78 is 50.1. The van der Waals surface area contributed by atoms with Crippen molar-refractivity contribution >= 4 is 22.5 Å². The quantitative estimate of drug-likeness (QED) is 0.487. The normalized spacial score (nSPS) is 20.4. The number of nitrogens with zero attached hydrogens (tertiary/aromatic N) is 4. The van der Waals surface area contributed by atoms with Crippen LogP contribution in [0.4, 0.5) is 13.2 Å². The Morgan fingerprint density at radius 2 is 2.04 bits per heavy atom. The van der Waals surface area contributed by atoms with Gasteiger partial charge in [0.1, 0.15) is 0 Å². The number of aromatic nitrogens is 2. The van der Waals surface area contributed by atoms with Crippen molar-refractivity contribution in [2.45, 2.75) is 19.7 Å². The molecule has 11 heteroatoms. The van der Waals surface area contributed by atoms with Gasteiger partial charge in [-0.25, -0.2) is 4.98 Å². The van der Waals surface area contributed by atoms with Crippen molar-refractivity contribution in [3.05, 3.63) is 23.9 Å². The average Bonchev–Trinajstić information content (AvgIpc) is 3.42. The number of hydrogen-bond donors (Lipinski definition) is 0. The molecule has 2 rings (SSSR count). The van der Waals surface area contributed by atoms with Gasteiger partial charge in [-0.15, -0.1) is 18.3 Å². The summed E-state index contributed by atoms with van der Waals surface area (Å²) in [5.41, 5.74) is 1.33. The molecule has 1 aromatic heterocycles. The molecular formula is C16H18ClF3N4O3. The molecule has 1 aliphatic rings. The minimum Gasteiger partial charge on any atom is -0.480 e. The monoisotopic (exact) mass is 406 g/mol. The van der Waals surface area contributed by atoms with Gasteiger partial charge in [0.25, 0.3) is 0 Å². The van der Waals surface area contributed by atoms with Gasteiger partial charge in [-0.05, 0) is 30.8 Å². The lowest BCUT2D eigenvalue weighted by atomic mass is 10.2. The number of hydrogen-bond acceptors (Lipinski definition) is 7. The molecule has 1 aliphatic carbocycles. The first-order valence-corrected chi connectivity index (χ1v) is 8.17. The van der Waals surface area contributed by atoms with E-state index in [4.69, 9.17) is 21.1 Å². The van der Waals surface area contributed by atoms with Crippen molar-refractivity contribution in [3.8, 4) is 11.9 Å². The van der Waals surface area contributed by atoms with Gasteiger partial charge in [-0.3, -0.25) is 4.74 Å². The number of allylic oxidation sites excluding steroid dienone is 1. The molecule has 0 saturated heterocycles. The van der Waals surface area contributed by atoms with Crippen LogP contribution in [0, 0.1) is 11.8 Å². The summed E-state index contributed by atoms with van der Waals surface area (Å²) in [5.74, 6) is -0.249. The maximum absolute atomic E-state index is 12.1. The van der Waals surface area contributed by atoms with Crippen LogP contribution in [0.5, 0.6) is 11.9 Å². The van der Waals surface area contributed by atoms with Gasteiger partial charge in [0, 0.05) is 6.20 Å². The molecule has 0 N–H and O–H groups in total. The fourth-order valence-electron chi connectivity index (χ4n) is 2.30. The van der Waals surface area contributed by atoms with E-state index in [9.17, 15) is 13.2 Å². The van der Waals surface area contributed by atoms with Crippen LogP contribution < -0.4 is 9.47 Å². The van der Waals surface area contributed by atoms with E-state index in [1.165, 1.54) is 20.4 Å². The molecule has 0 aliphatic heterocycles. The number of rotatable bonds is 8. The third-order valence-corrected chi connectivity index (χ3v) is 4.20. The first-order valence-electron chi connectivity index (χ1n) is 7.79. The molecule has 148 valence electrons. The number of ether oxygens (including phenoxy) is 3. The van der Waals surface area contributed by atoms with Crippen molar-refractivity contribution in [1.29, 1.82) is 0 Å². The molecule has 1 heterocycles. The molecule has 0 radical (unpaired) electrons. The Morgan fingerprint density at radius 1 is 1.33 bits per heavy atom. The van der Waals surface area contributed by atoms with E-state index in [0.717, 1.165) is 0 Å². The topological polar surface area (TPSA) is 78.2 Å². The standard InChI is InChI=1S/C16H18ClF3N4O3/c1-8(11-5-10(11)7-27-16(18,19)20)13(17)24-23-9(2)12-6-21-15(26-4)22-14(12)25-3/h6,10-11H,1,5,7H2,2-4H3/b23-9+,24-13+/t10-,11-/m1/s1. The van der Waals surface area contributed by atoms with E-state index in [0.29, 0.717) is 23.3 Å². The highest BCUT2D eigenvalue weighted by molar-refractivity contribution is 6.69. The Bertz CT molecular complexity index is 768. The molecule has 0 aromatic carbocycles. The number of halogens is 4. The van der Waals surface area contributed by atoms with Crippen molar-refractivity contribution < 1.29 is 27.4 Å². The van der Waals surface area contributed by atoms with Crippen LogP contribution in [0.1, 0.15) is 18.9 Å². The number of alkyl halides is 3. The predicted molar refractivity (Wildman–Crippen MR) is 93.4 cm³/mol. The van der Waals surface area contributed by atoms with Crippen molar-refractivity contribution in [3.63, 3.8) is 0 Å². The smallest absolute Gasteiger partial charge is 0.480 e. The Hall–Kier alpha value is -2.20. The molecule has 0 spiro atoms. The summed E-state index contributed by atoms with van der Waals surface area (Å²) in [6, 6.07) is 0.138. The minimum atomic E-state index is -4.65. The molecule has 27 heavy (non-hydrogen) atoms. The van der Waals surface area contributed by atoms with Gasteiger partial charge in [-0.1, -0.05) is 18.2 Å². The maximum Gasteiger partial charge on any atom is 0.522 e. The van der Waals surface area contributed by atoms with Crippen LogP contribution in [0.3, 0.4) is 0 Å². The van der Waals surface area contributed by atoms with Gasteiger partial charge >= 0.3 is 12.4 Å². The van der Waals surface area contributed by atoms with E-state index in [1.807, 2.05) is 0 Å². The highest BCUT2D eigenvalue weighted by atomic mass is 35.5. The van der Waals surface area contributed by atoms with Crippen molar-refractivity contribution in [2.75, 3.05) is 20.8 Å². The third kappa shape index (κ3) is 5.90. The zero-order valence-corrected chi connectivity index (χ0v) is 15.6. The molecule has 0 bridgehead atoms. The molecule has 2 atom stereocenters. The van der Waals surface area contributed by atoms with Gasteiger partial charge in [0.2, 0.25) is 5.88 Å². The summed E-state index contributed by atoms with van der Waals surface area (Å²) in [4.78, 5) is 8.02. The first-order chi connectivity index (χ1) is 12.7. The predicted octanol–water partition coefficient (Wildman–Crippen LogP) is 3.58. The van der Waals surface area contributed by atoms with Gasteiger partial charge < -0.3 is 9.47 Å². The van der Waals surface area contributed by atoms with E-state index in [-0.39, 0.29) is 28.9 Å². The summed E-state index contributed by atoms with van der Waals surface area (Å²) >= 11 is 6.07. The molecule has 7 nitrogen and oxygen atoms in total. The fourth-order valence-corrected chi connectivity index (χ4v) is 2.48. The van der Waals surface area contributed by atoms with Crippen LogP contribution in [-0.2, 0) is 4.74 Å². The van der Waals surface area contributed by atoms with Crippen molar-refractivity contribution in [2.24, 2.45) is 22.0 Å². The zero-order valence-electron chi connectivity index (χ0n) is 14.9. The third-order valence-electron chi connectivity index (χ3n) is 3.88. The van der Waals surface area contributed by atoms with Crippen LogP contribution in [0.2, 0.25) is 0 Å². The van der Waals surface area contributed by atoms with Gasteiger partial charge in [0.05, 0.1) is 32.1 Å². The van der Waals surface area contributed by atoms with E-state index in [2.05, 4.69) is 31.5 Å². The average molecular weight is 407 g/mol. The lowest BCUT2D eigenvalue weighted by Gasteiger charge is -2.07. The molecular weight excluding hydrogens is 389 g/mol. The minimum absolute atomic E-state index is 0.0160. The zero-order chi connectivity index (χ0) is 20.2. The van der Waals surface area contributed by atoms with Crippen LogP contribution in [-0.4, -0.2) is 48.0 Å². The van der Waals surface area contributed by atoms with Crippen LogP contribution in [0.15, 0.2) is 28.6 Å². The largest absolute Gasteiger partial charge is 0.522 e. The molecule has 1 fully saturated rings. The highest BCUT2D eigenvalue weighted by Crippen LogP contribution is 2.45. The van der Waals surface area contributed by atoms with E-state index < -0.39 is 13.0 Å². The second-order valence-electron chi connectivity index (χ2n) is 5.74. The first kappa shape index (κ1) is 21.1. The van der Waals surface area contributed by atoms with Crippen molar-refractivity contribution in [1.82, 2.24) is 9.97 Å². The van der Waals surface area contributed by atoms with Gasteiger partial charge in [0.15, 0.2) is 5.17 Å². The molecule has 0 unspecified atom stereocenters. The van der Waals surface area contributed by atoms with E-state index >= 15 is 0 Å². The van der Waals surface area contributed by atoms with Gasteiger partial charge in [-0.2, -0.15) is 10.1 Å². The van der Waals surface area contributed by atoms with E-state index in [1.54, 1.807) is 6.92 Å². The summed E-state index contributed by atoms with van der Waals surface area (Å²) in [6.07, 6.45) is -2.68. The fraction of sp³-hybridized carbons (Fsp3) is 0.500. The highest BCUT2D eigenvalue weighted by Gasteiger charge is 2.43. The molecule has 0 amide bonds. The lowest BCUT2D eigenvalue weighted by Crippen LogP contribution is -2.15. The van der Waals surface area contributed by atoms with Crippen LogP contribution in [0.25, 0.3) is 0 Å². The Balaban J connectivity index is 2.03. The van der Waals surface area contributed by atoms with Crippen LogP contribution >= 0.6 is 11.6 Å². The summed E-state index contributed by atoms with van der Waals surface area (Å²) in [5, 5.41) is 7.90. The SMILES string of the molecule is C=C(/C(Cl)=N\N=C(/C)c1cnc(OC)nc1OC)[C@H]1C[C@@H]1COC(F)(F)F. The maximum atomic E-state index is 12.1. The Morgan fingerprint density at radius 3 is 2.63 bits per heavy atom. The second-order valence-corrected chi connectivity index (χ2v) is 6.10. The molecule has 1 saturated carbocycles. The summed E-state index contributed by atoms with van der Waals surface area (Å²) in [6.45, 7) is 5.01. The molecule has 1 aromatic rings. The Labute approximate surface area is 158 Å². The summed E-state index contributed by atoms with van der Waals surface area (Å²) in [7, 11) is 2.86. The number of methoxy groups -OCH3 is 2. The second kappa shape index (κ2) is 8.66. The Kier molecular flexibility index (Phi) is 6.77.